The number of carbonyl (C=O) groups is 1. The second kappa shape index (κ2) is 11.9. The number of aromatic nitrogens is 1. The quantitative estimate of drug-likeness (QED) is 0.452. The minimum absolute atomic E-state index is 0. The molecule has 2 N–H and O–H groups in total. The van der Waals surface area contributed by atoms with Crippen LogP contribution in [0.3, 0.4) is 0 Å². The molecule has 180 valence electrons. The van der Waals surface area contributed by atoms with E-state index in [1.165, 1.54) is 12.7 Å². The van der Waals surface area contributed by atoms with Gasteiger partial charge < -0.3 is 15.0 Å². The van der Waals surface area contributed by atoms with Gasteiger partial charge in [0, 0.05) is 35.1 Å². The molecular formula is C26H35Cl2N3O2. The van der Waals surface area contributed by atoms with Crippen molar-refractivity contribution >= 4 is 41.7 Å². The lowest BCUT2D eigenvalue weighted by Crippen LogP contribution is -2.51. The molecular weight excluding hydrogens is 457 g/mol. The van der Waals surface area contributed by atoms with E-state index in [-0.39, 0.29) is 42.4 Å². The van der Waals surface area contributed by atoms with Gasteiger partial charge in [-0.05, 0) is 57.0 Å². The first kappa shape index (κ1) is 27.2. The number of methoxy groups -OCH3 is 1. The molecule has 1 heterocycles. The van der Waals surface area contributed by atoms with Crippen molar-refractivity contribution in [3.05, 3.63) is 71.9 Å². The van der Waals surface area contributed by atoms with Gasteiger partial charge in [-0.15, -0.1) is 24.8 Å². The van der Waals surface area contributed by atoms with Gasteiger partial charge in [0.2, 0.25) is 0 Å². The summed E-state index contributed by atoms with van der Waals surface area (Å²) in [5.41, 5.74) is 3.66. The zero-order valence-corrected chi connectivity index (χ0v) is 21.2. The van der Waals surface area contributed by atoms with Crippen molar-refractivity contribution in [1.29, 1.82) is 0 Å². The zero-order chi connectivity index (χ0) is 21.8. The van der Waals surface area contributed by atoms with Crippen molar-refractivity contribution in [3.63, 3.8) is 0 Å². The Balaban J connectivity index is 0.00000193. The fraction of sp³-hybridized carbons (Fsp3) is 0.423. The zero-order valence-electron chi connectivity index (χ0n) is 19.5. The van der Waals surface area contributed by atoms with Crippen LogP contribution in [0.4, 0.5) is 0 Å². The van der Waals surface area contributed by atoms with E-state index in [2.05, 4.69) is 71.8 Å². The average Bonchev–Trinajstić information content (AvgIpc) is 3.22. The predicted octanol–water partition coefficient (Wildman–Crippen LogP) is 5.08. The van der Waals surface area contributed by atoms with Gasteiger partial charge in [0.1, 0.15) is 6.04 Å². The molecule has 4 rings (SSSR count). The summed E-state index contributed by atoms with van der Waals surface area (Å²) in [6, 6.07) is 19.0. The minimum Gasteiger partial charge on any atom is -0.468 e. The molecule has 0 spiro atoms. The van der Waals surface area contributed by atoms with E-state index in [1.807, 2.05) is 18.3 Å². The molecule has 1 fully saturated rings. The monoisotopic (exact) mass is 491 g/mol. The van der Waals surface area contributed by atoms with Gasteiger partial charge in [0.15, 0.2) is 0 Å². The normalized spacial score (nSPS) is 21.2. The van der Waals surface area contributed by atoms with Crippen LogP contribution in [0.2, 0.25) is 0 Å². The van der Waals surface area contributed by atoms with E-state index < -0.39 is 0 Å². The lowest BCUT2D eigenvalue weighted by atomic mass is 9.74. The maximum absolute atomic E-state index is 12.6. The second-order valence-corrected chi connectivity index (χ2v) is 8.87. The molecule has 5 nitrogen and oxygen atoms in total. The van der Waals surface area contributed by atoms with Crippen LogP contribution in [-0.2, 0) is 21.5 Å². The molecule has 1 atom stereocenters. The first-order valence-corrected chi connectivity index (χ1v) is 11.2. The van der Waals surface area contributed by atoms with E-state index in [0.29, 0.717) is 12.5 Å². The van der Waals surface area contributed by atoms with Crippen LogP contribution in [0, 0.1) is 0 Å². The summed E-state index contributed by atoms with van der Waals surface area (Å²) in [5.74, 6) is -0.196. The molecule has 0 radical (unpaired) electrons. The number of rotatable bonds is 7. The number of H-pyrrole nitrogens is 1. The van der Waals surface area contributed by atoms with Gasteiger partial charge in [-0.2, -0.15) is 0 Å². The Hall–Kier alpha value is -2.05. The topological polar surface area (TPSA) is 57.4 Å². The molecule has 0 amide bonds. The molecule has 0 saturated heterocycles. The third-order valence-electron chi connectivity index (χ3n) is 7.00. The van der Waals surface area contributed by atoms with Gasteiger partial charge in [0.25, 0.3) is 0 Å². The number of halogens is 2. The number of fused-ring (bicyclic) bond motifs is 1. The summed E-state index contributed by atoms with van der Waals surface area (Å²) >= 11 is 0. The van der Waals surface area contributed by atoms with Crippen molar-refractivity contribution in [3.8, 4) is 0 Å². The van der Waals surface area contributed by atoms with Crippen LogP contribution < -0.4 is 5.32 Å². The highest BCUT2D eigenvalue weighted by Crippen LogP contribution is 2.41. The third kappa shape index (κ3) is 5.72. The Morgan fingerprint density at radius 3 is 2.36 bits per heavy atom. The van der Waals surface area contributed by atoms with Crippen molar-refractivity contribution in [1.82, 2.24) is 15.2 Å². The fourth-order valence-electron chi connectivity index (χ4n) is 5.16. The van der Waals surface area contributed by atoms with Crippen LogP contribution >= 0.6 is 24.8 Å². The number of carbonyl (C=O) groups excluding carboxylic acids is 1. The summed E-state index contributed by atoms with van der Waals surface area (Å²) in [5, 5.41) is 4.80. The number of aromatic amines is 1. The van der Waals surface area contributed by atoms with Crippen LogP contribution in [0.25, 0.3) is 10.9 Å². The van der Waals surface area contributed by atoms with E-state index in [1.54, 1.807) is 0 Å². The SMILES string of the molecule is COC(=O)C(Cc1c[nH]c2ccccc12)NC1CCC(c2ccccc2)(N(C)C)CC1.Cl.Cl. The van der Waals surface area contributed by atoms with Crippen molar-refractivity contribution in [2.24, 2.45) is 0 Å². The van der Waals surface area contributed by atoms with Crippen LogP contribution in [0.15, 0.2) is 60.8 Å². The van der Waals surface area contributed by atoms with Crippen molar-refractivity contribution in [2.45, 2.75) is 49.7 Å². The molecule has 2 aromatic carbocycles. The largest absolute Gasteiger partial charge is 0.468 e. The lowest BCUT2D eigenvalue weighted by molar-refractivity contribution is -0.143. The van der Waals surface area contributed by atoms with Crippen LogP contribution in [0.1, 0.15) is 36.8 Å². The first-order valence-electron chi connectivity index (χ1n) is 11.2. The van der Waals surface area contributed by atoms with E-state index in [0.717, 1.165) is 42.1 Å². The molecule has 33 heavy (non-hydrogen) atoms. The maximum atomic E-state index is 12.6. The highest BCUT2D eigenvalue weighted by Gasteiger charge is 2.39. The number of hydrogen-bond donors (Lipinski definition) is 2. The molecule has 1 saturated carbocycles. The molecule has 0 aliphatic heterocycles. The molecule has 3 aromatic rings. The average molecular weight is 492 g/mol. The number of benzene rings is 2. The molecule has 1 aliphatic rings. The van der Waals surface area contributed by atoms with Gasteiger partial charge in [-0.1, -0.05) is 48.5 Å². The summed E-state index contributed by atoms with van der Waals surface area (Å²) in [6.45, 7) is 0. The Bertz CT molecular complexity index is 1010. The Kier molecular flexibility index (Phi) is 9.80. The summed E-state index contributed by atoms with van der Waals surface area (Å²) < 4.78 is 5.14. The Morgan fingerprint density at radius 2 is 1.73 bits per heavy atom. The van der Waals surface area contributed by atoms with Crippen LogP contribution in [-0.4, -0.2) is 49.1 Å². The second-order valence-electron chi connectivity index (χ2n) is 8.87. The molecule has 1 aliphatic carbocycles. The molecule has 1 unspecified atom stereocenters. The highest BCUT2D eigenvalue weighted by molar-refractivity contribution is 5.86. The third-order valence-corrected chi connectivity index (χ3v) is 7.00. The van der Waals surface area contributed by atoms with E-state index in [4.69, 9.17) is 4.74 Å². The summed E-state index contributed by atoms with van der Waals surface area (Å²) in [4.78, 5) is 18.3. The first-order chi connectivity index (χ1) is 15.0. The minimum atomic E-state index is -0.349. The van der Waals surface area contributed by atoms with Gasteiger partial charge >= 0.3 is 5.97 Å². The molecule has 0 bridgehead atoms. The maximum Gasteiger partial charge on any atom is 0.323 e. The number of para-hydroxylation sites is 1. The summed E-state index contributed by atoms with van der Waals surface area (Å²) in [7, 11) is 5.82. The number of esters is 1. The predicted molar refractivity (Wildman–Crippen MR) is 140 cm³/mol. The molecule has 7 heteroatoms. The number of nitrogens with one attached hydrogen (secondary N) is 2. The van der Waals surface area contributed by atoms with Crippen molar-refractivity contribution < 1.29 is 9.53 Å². The standard InChI is InChI=1S/C26H33N3O2.2ClH/c1-29(2)26(20-9-5-4-6-10-20)15-13-21(14-16-26)28-24(25(30)31-3)17-19-18-27-23-12-8-7-11-22(19)23;;/h4-12,18,21,24,27-28H,13-17H2,1-3H3;2*1H. The summed E-state index contributed by atoms with van der Waals surface area (Å²) in [6.07, 6.45) is 6.79. The van der Waals surface area contributed by atoms with E-state index in [9.17, 15) is 4.79 Å². The number of nitrogens with zero attached hydrogens (tertiary/aromatic N) is 1. The molecule has 1 aromatic heterocycles. The number of hydrogen-bond acceptors (Lipinski definition) is 4. The van der Waals surface area contributed by atoms with Crippen LogP contribution in [0.5, 0.6) is 0 Å². The number of ether oxygens (including phenoxy) is 1. The van der Waals surface area contributed by atoms with Gasteiger partial charge in [-0.3, -0.25) is 9.69 Å². The Morgan fingerprint density at radius 1 is 1.09 bits per heavy atom. The Labute approximate surface area is 209 Å². The van der Waals surface area contributed by atoms with E-state index >= 15 is 0 Å². The smallest absolute Gasteiger partial charge is 0.323 e. The lowest BCUT2D eigenvalue weighted by Gasteiger charge is -2.46. The highest BCUT2D eigenvalue weighted by atomic mass is 35.5. The van der Waals surface area contributed by atoms with Gasteiger partial charge in [-0.25, -0.2) is 0 Å². The van der Waals surface area contributed by atoms with Gasteiger partial charge in [0.05, 0.1) is 7.11 Å². The fourth-order valence-corrected chi connectivity index (χ4v) is 5.16. The van der Waals surface area contributed by atoms with Crippen molar-refractivity contribution in [2.75, 3.05) is 21.2 Å².